The van der Waals surface area contributed by atoms with Crippen LogP contribution in [0.2, 0.25) is 0 Å². The van der Waals surface area contributed by atoms with E-state index in [1.807, 2.05) is 30.3 Å². The number of nitrogens with one attached hydrogen (secondary N) is 2. The zero-order valence-electron chi connectivity index (χ0n) is 17.4. The van der Waals surface area contributed by atoms with Crippen LogP contribution in [0.3, 0.4) is 0 Å². The molecule has 0 saturated heterocycles. The molecule has 0 aliphatic heterocycles. The van der Waals surface area contributed by atoms with Crippen molar-refractivity contribution in [2.75, 3.05) is 30.1 Å². The van der Waals surface area contributed by atoms with Crippen molar-refractivity contribution in [2.45, 2.75) is 4.90 Å². The molecule has 3 rings (SSSR count). The van der Waals surface area contributed by atoms with Crippen molar-refractivity contribution in [3.63, 3.8) is 0 Å². The molecule has 0 aliphatic carbocycles. The number of benzene rings is 3. The van der Waals surface area contributed by atoms with E-state index in [4.69, 9.17) is 9.47 Å². The van der Waals surface area contributed by atoms with Gasteiger partial charge in [-0.15, -0.1) is 11.8 Å². The molecule has 0 aromatic heterocycles. The highest BCUT2D eigenvalue weighted by molar-refractivity contribution is 8.00. The smallest absolute Gasteiger partial charge is 0.339 e. The Kier molecular flexibility index (Phi) is 8.28. The first-order chi connectivity index (χ1) is 15.5. The predicted molar refractivity (Wildman–Crippen MR) is 124 cm³/mol. The van der Waals surface area contributed by atoms with Gasteiger partial charge < -0.3 is 20.1 Å². The molecule has 0 bridgehead atoms. The molecule has 2 N–H and O–H groups in total. The van der Waals surface area contributed by atoms with Gasteiger partial charge in [-0.05, 0) is 48.5 Å². The van der Waals surface area contributed by atoms with Gasteiger partial charge in [0.2, 0.25) is 5.91 Å². The number of hydrogen-bond acceptors (Lipinski definition) is 6. The number of carbonyl (C=O) groups is 3. The summed E-state index contributed by atoms with van der Waals surface area (Å²) in [6.07, 6.45) is 0. The fraction of sp³-hybridized carbons (Fsp3) is 0.125. The monoisotopic (exact) mass is 450 g/mol. The normalized spacial score (nSPS) is 10.2. The highest BCUT2D eigenvalue weighted by Crippen LogP contribution is 2.22. The molecule has 7 nitrogen and oxygen atoms in total. The second kappa shape index (κ2) is 11.6. The predicted octanol–water partition coefficient (Wildman–Crippen LogP) is 4.22. The van der Waals surface area contributed by atoms with Gasteiger partial charge in [0.25, 0.3) is 5.91 Å². The summed E-state index contributed by atoms with van der Waals surface area (Å²) in [5.74, 6) is -0.242. The second-order valence-corrected chi connectivity index (χ2v) is 7.60. The Morgan fingerprint density at radius 1 is 0.812 bits per heavy atom. The Morgan fingerprint density at radius 2 is 1.50 bits per heavy atom. The van der Waals surface area contributed by atoms with E-state index in [1.165, 1.54) is 18.9 Å². The SMILES string of the molecule is COC(=O)c1ccccc1NC(=O)CSc1ccc(NC(=O)COc2ccccc2)cc1. The lowest BCUT2D eigenvalue weighted by Crippen LogP contribution is -2.20. The summed E-state index contributed by atoms with van der Waals surface area (Å²) in [6.45, 7) is -0.0895. The fourth-order valence-electron chi connectivity index (χ4n) is 2.71. The largest absolute Gasteiger partial charge is 0.484 e. The van der Waals surface area contributed by atoms with Crippen molar-refractivity contribution < 1.29 is 23.9 Å². The van der Waals surface area contributed by atoms with E-state index in [0.29, 0.717) is 22.7 Å². The van der Waals surface area contributed by atoms with Gasteiger partial charge in [-0.25, -0.2) is 4.79 Å². The Hall–Kier alpha value is -3.78. The van der Waals surface area contributed by atoms with Gasteiger partial charge in [0.1, 0.15) is 5.75 Å². The Balaban J connectivity index is 1.46. The number of esters is 1. The Labute approximate surface area is 190 Å². The summed E-state index contributed by atoms with van der Waals surface area (Å²) in [4.78, 5) is 37.0. The maximum Gasteiger partial charge on any atom is 0.339 e. The number of rotatable bonds is 9. The van der Waals surface area contributed by atoms with Crippen LogP contribution in [0.5, 0.6) is 5.75 Å². The molecule has 0 spiro atoms. The average Bonchev–Trinajstić information content (AvgIpc) is 2.83. The lowest BCUT2D eigenvalue weighted by Gasteiger charge is -2.10. The van der Waals surface area contributed by atoms with E-state index in [1.54, 1.807) is 48.5 Å². The van der Waals surface area contributed by atoms with E-state index < -0.39 is 5.97 Å². The maximum absolute atomic E-state index is 12.3. The number of ether oxygens (including phenoxy) is 2. The van der Waals surface area contributed by atoms with Crippen LogP contribution in [0.15, 0.2) is 83.8 Å². The molecule has 3 aromatic rings. The number of methoxy groups -OCH3 is 1. The molecule has 0 aliphatic rings. The number of anilines is 2. The summed E-state index contributed by atoms with van der Waals surface area (Å²) in [7, 11) is 1.29. The number of amides is 2. The van der Waals surface area contributed by atoms with Crippen LogP contribution in [0, 0.1) is 0 Å². The van der Waals surface area contributed by atoms with Crippen molar-refractivity contribution in [2.24, 2.45) is 0 Å². The summed E-state index contributed by atoms with van der Waals surface area (Å²) in [6, 6.07) is 22.9. The molecular weight excluding hydrogens is 428 g/mol. The number of carbonyl (C=O) groups excluding carboxylic acids is 3. The Morgan fingerprint density at radius 3 is 2.22 bits per heavy atom. The minimum absolute atomic E-state index is 0.0895. The molecular formula is C24H22N2O5S. The molecule has 0 heterocycles. The van der Waals surface area contributed by atoms with Crippen LogP contribution in [-0.4, -0.2) is 37.3 Å². The fourth-order valence-corrected chi connectivity index (χ4v) is 3.41. The molecule has 0 fully saturated rings. The van der Waals surface area contributed by atoms with Crippen molar-refractivity contribution >= 4 is 40.9 Å². The van der Waals surface area contributed by atoms with Gasteiger partial charge in [0.05, 0.1) is 24.1 Å². The molecule has 0 unspecified atom stereocenters. The summed E-state index contributed by atoms with van der Waals surface area (Å²) < 4.78 is 10.1. The topological polar surface area (TPSA) is 93.7 Å². The molecule has 164 valence electrons. The van der Waals surface area contributed by atoms with Gasteiger partial charge in [0.15, 0.2) is 6.61 Å². The highest BCUT2D eigenvalue weighted by atomic mass is 32.2. The van der Waals surface area contributed by atoms with Crippen LogP contribution in [0.25, 0.3) is 0 Å². The zero-order valence-corrected chi connectivity index (χ0v) is 18.2. The molecule has 0 atom stereocenters. The maximum atomic E-state index is 12.3. The lowest BCUT2D eigenvalue weighted by molar-refractivity contribution is -0.118. The number of hydrogen-bond donors (Lipinski definition) is 2. The van der Waals surface area contributed by atoms with Gasteiger partial charge in [-0.1, -0.05) is 30.3 Å². The van der Waals surface area contributed by atoms with Crippen molar-refractivity contribution in [3.8, 4) is 5.75 Å². The molecule has 3 aromatic carbocycles. The third kappa shape index (κ3) is 6.88. The molecule has 2 amide bonds. The molecule has 0 radical (unpaired) electrons. The third-order valence-corrected chi connectivity index (χ3v) is 5.24. The molecule has 32 heavy (non-hydrogen) atoms. The zero-order chi connectivity index (χ0) is 22.8. The van der Waals surface area contributed by atoms with Gasteiger partial charge >= 0.3 is 5.97 Å². The second-order valence-electron chi connectivity index (χ2n) is 6.55. The molecule has 8 heteroatoms. The van der Waals surface area contributed by atoms with Gasteiger partial charge in [-0.2, -0.15) is 0 Å². The van der Waals surface area contributed by atoms with E-state index in [-0.39, 0.29) is 24.2 Å². The van der Waals surface area contributed by atoms with Crippen molar-refractivity contribution in [1.29, 1.82) is 0 Å². The quantitative estimate of drug-likeness (QED) is 0.375. The lowest BCUT2D eigenvalue weighted by atomic mass is 10.2. The number of thioether (sulfide) groups is 1. The van der Waals surface area contributed by atoms with E-state index in [2.05, 4.69) is 10.6 Å². The minimum Gasteiger partial charge on any atom is -0.484 e. The van der Waals surface area contributed by atoms with Crippen LogP contribution in [0.4, 0.5) is 11.4 Å². The van der Waals surface area contributed by atoms with Crippen LogP contribution in [-0.2, 0) is 14.3 Å². The first-order valence-electron chi connectivity index (χ1n) is 9.73. The Bertz CT molecular complexity index is 1070. The van der Waals surface area contributed by atoms with E-state index in [0.717, 1.165) is 4.90 Å². The van der Waals surface area contributed by atoms with Crippen molar-refractivity contribution in [1.82, 2.24) is 0 Å². The van der Waals surface area contributed by atoms with E-state index >= 15 is 0 Å². The first-order valence-corrected chi connectivity index (χ1v) is 10.7. The standard InChI is InChI=1S/C24H22N2O5S/c1-30-24(29)20-9-5-6-10-21(20)26-23(28)16-32-19-13-11-17(12-14-19)25-22(27)15-31-18-7-3-2-4-8-18/h2-14H,15-16H2,1H3,(H,25,27)(H,26,28). The van der Waals surface area contributed by atoms with E-state index in [9.17, 15) is 14.4 Å². The van der Waals surface area contributed by atoms with Crippen molar-refractivity contribution in [3.05, 3.63) is 84.4 Å². The summed E-state index contributed by atoms with van der Waals surface area (Å²) >= 11 is 1.34. The van der Waals surface area contributed by atoms with Crippen LogP contribution in [0.1, 0.15) is 10.4 Å². The summed E-state index contributed by atoms with van der Waals surface area (Å²) in [5, 5.41) is 5.49. The number of para-hydroxylation sites is 2. The highest BCUT2D eigenvalue weighted by Gasteiger charge is 2.13. The minimum atomic E-state index is -0.514. The summed E-state index contributed by atoms with van der Waals surface area (Å²) in [5.41, 5.74) is 1.33. The third-order valence-electron chi connectivity index (χ3n) is 4.23. The van der Waals surface area contributed by atoms with Crippen LogP contribution < -0.4 is 15.4 Å². The van der Waals surface area contributed by atoms with Crippen LogP contribution >= 0.6 is 11.8 Å². The van der Waals surface area contributed by atoms with Gasteiger partial charge in [-0.3, -0.25) is 9.59 Å². The molecule has 0 saturated carbocycles. The first kappa shape index (κ1) is 22.9. The van der Waals surface area contributed by atoms with Gasteiger partial charge in [0, 0.05) is 10.6 Å². The average molecular weight is 451 g/mol.